The number of carbonyl (C=O) groups excluding carboxylic acids is 1. The van der Waals surface area contributed by atoms with E-state index in [2.05, 4.69) is 10.6 Å². The number of phenols is 1. The molecular formula is C16H17FN2O2. The van der Waals surface area contributed by atoms with Crippen LogP contribution in [0.25, 0.3) is 0 Å². The first kappa shape index (κ1) is 14.8. The summed E-state index contributed by atoms with van der Waals surface area (Å²) in [5.41, 5.74) is 1.84. The van der Waals surface area contributed by atoms with Crippen molar-refractivity contribution in [1.82, 2.24) is 5.32 Å². The van der Waals surface area contributed by atoms with Crippen LogP contribution < -0.4 is 10.6 Å². The van der Waals surface area contributed by atoms with E-state index in [0.717, 1.165) is 5.69 Å². The molecule has 1 amide bonds. The fourth-order valence-corrected chi connectivity index (χ4v) is 1.90. The van der Waals surface area contributed by atoms with Crippen LogP contribution in [0.2, 0.25) is 0 Å². The molecule has 0 saturated carbocycles. The number of rotatable bonds is 5. The van der Waals surface area contributed by atoms with Gasteiger partial charge in [-0.05, 0) is 37.3 Å². The number of benzene rings is 2. The summed E-state index contributed by atoms with van der Waals surface area (Å²) in [6.07, 6.45) is 0. The smallest absolute Gasteiger partial charge is 0.251 e. The molecule has 110 valence electrons. The molecule has 3 N–H and O–H groups in total. The predicted octanol–water partition coefficient (Wildman–Crippen LogP) is 2.89. The second-order valence-electron chi connectivity index (χ2n) is 4.54. The molecule has 0 fully saturated rings. The molecule has 0 saturated heterocycles. The van der Waals surface area contributed by atoms with E-state index < -0.39 is 5.82 Å². The van der Waals surface area contributed by atoms with Crippen LogP contribution >= 0.6 is 0 Å². The van der Waals surface area contributed by atoms with E-state index in [1.165, 1.54) is 6.07 Å². The summed E-state index contributed by atoms with van der Waals surface area (Å²) in [7, 11) is 0. The number of amides is 1. The molecule has 2 aromatic rings. The van der Waals surface area contributed by atoms with Crippen molar-refractivity contribution in [3.8, 4) is 5.75 Å². The normalized spacial score (nSPS) is 10.2. The largest absolute Gasteiger partial charge is 0.505 e. The maximum absolute atomic E-state index is 13.2. The molecule has 5 heteroatoms. The Morgan fingerprint density at radius 3 is 2.57 bits per heavy atom. The van der Waals surface area contributed by atoms with Crippen LogP contribution in [-0.2, 0) is 6.54 Å². The van der Waals surface area contributed by atoms with Gasteiger partial charge in [-0.3, -0.25) is 4.79 Å². The molecule has 0 aromatic heterocycles. The molecule has 0 bridgehead atoms. The third-order valence-corrected chi connectivity index (χ3v) is 3.04. The number of nitrogens with one attached hydrogen (secondary N) is 2. The minimum atomic E-state index is -0.638. The van der Waals surface area contributed by atoms with Gasteiger partial charge in [0.15, 0.2) is 11.6 Å². The van der Waals surface area contributed by atoms with Gasteiger partial charge in [0.25, 0.3) is 5.91 Å². The zero-order chi connectivity index (χ0) is 15.2. The molecule has 0 aliphatic heterocycles. The number of halogens is 1. The molecule has 0 spiro atoms. The molecule has 2 rings (SSSR count). The average molecular weight is 288 g/mol. The highest BCUT2D eigenvalue weighted by atomic mass is 19.1. The van der Waals surface area contributed by atoms with Crippen molar-refractivity contribution in [1.29, 1.82) is 0 Å². The van der Waals surface area contributed by atoms with Crippen LogP contribution in [0.3, 0.4) is 0 Å². The zero-order valence-electron chi connectivity index (χ0n) is 11.7. The number of para-hydroxylation sites is 1. The van der Waals surface area contributed by atoms with Crippen LogP contribution in [0, 0.1) is 5.82 Å². The molecule has 0 unspecified atom stereocenters. The van der Waals surface area contributed by atoms with E-state index in [4.69, 9.17) is 0 Å². The first-order valence-electron chi connectivity index (χ1n) is 6.70. The van der Waals surface area contributed by atoms with Crippen molar-refractivity contribution in [3.05, 3.63) is 59.4 Å². The Labute approximate surface area is 122 Å². The Morgan fingerprint density at radius 2 is 1.90 bits per heavy atom. The van der Waals surface area contributed by atoms with Gasteiger partial charge >= 0.3 is 0 Å². The van der Waals surface area contributed by atoms with Gasteiger partial charge < -0.3 is 15.7 Å². The lowest BCUT2D eigenvalue weighted by Crippen LogP contribution is -2.22. The summed E-state index contributed by atoms with van der Waals surface area (Å²) >= 11 is 0. The maximum Gasteiger partial charge on any atom is 0.251 e. The van der Waals surface area contributed by atoms with Gasteiger partial charge in [0.1, 0.15) is 0 Å². The van der Waals surface area contributed by atoms with E-state index in [1.54, 1.807) is 36.4 Å². The van der Waals surface area contributed by atoms with Gasteiger partial charge in [0.2, 0.25) is 0 Å². The minimum absolute atomic E-state index is 0.119. The molecular weight excluding hydrogens is 271 g/mol. The van der Waals surface area contributed by atoms with Gasteiger partial charge in [-0.25, -0.2) is 4.39 Å². The van der Waals surface area contributed by atoms with Crippen LogP contribution in [0.15, 0.2) is 42.5 Å². The SMILES string of the molecule is CCNC(=O)c1ccc(NCc2cccc(F)c2O)cc1. The lowest BCUT2D eigenvalue weighted by atomic mass is 10.1. The quantitative estimate of drug-likeness (QED) is 0.793. The Hall–Kier alpha value is -2.56. The molecule has 0 heterocycles. The van der Waals surface area contributed by atoms with Crippen LogP contribution in [-0.4, -0.2) is 17.6 Å². The molecule has 2 aromatic carbocycles. The fraction of sp³-hybridized carbons (Fsp3) is 0.188. The van der Waals surface area contributed by atoms with E-state index in [-0.39, 0.29) is 11.7 Å². The summed E-state index contributed by atoms with van der Waals surface area (Å²) in [5, 5.41) is 15.4. The summed E-state index contributed by atoms with van der Waals surface area (Å²) in [6.45, 7) is 2.74. The number of carbonyl (C=O) groups is 1. The van der Waals surface area contributed by atoms with Gasteiger partial charge in [-0.1, -0.05) is 12.1 Å². The minimum Gasteiger partial charge on any atom is -0.505 e. The van der Waals surface area contributed by atoms with Crippen molar-refractivity contribution >= 4 is 11.6 Å². The second-order valence-corrected chi connectivity index (χ2v) is 4.54. The molecule has 0 aliphatic rings. The van der Waals surface area contributed by atoms with Gasteiger partial charge in [-0.15, -0.1) is 0 Å². The summed E-state index contributed by atoms with van der Waals surface area (Å²) in [6, 6.07) is 11.3. The average Bonchev–Trinajstić information content (AvgIpc) is 2.49. The van der Waals surface area contributed by atoms with Crippen molar-refractivity contribution in [3.63, 3.8) is 0 Å². The Bertz CT molecular complexity index is 627. The summed E-state index contributed by atoms with van der Waals surface area (Å²) in [5.74, 6) is -1.10. The number of anilines is 1. The lowest BCUT2D eigenvalue weighted by molar-refractivity contribution is 0.0956. The maximum atomic E-state index is 13.2. The van der Waals surface area contributed by atoms with E-state index >= 15 is 0 Å². The molecule has 0 atom stereocenters. The number of hydrogen-bond acceptors (Lipinski definition) is 3. The van der Waals surface area contributed by atoms with E-state index in [0.29, 0.717) is 24.2 Å². The molecule has 0 radical (unpaired) electrons. The van der Waals surface area contributed by atoms with Crippen molar-refractivity contribution in [2.45, 2.75) is 13.5 Å². The monoisotopic (exact) mass is 288 g/mol. The number of phenolic OH excluding ortho intramolecular Hbond substituents is 1. The zero-order valence-corrected chi connectivity index (χ0v) is 11.7. The topological polar surface area (TPSA) is 61.4 Å². The molecule has 0 aliphatic carbocycles. The molecule has 4 nitrogen and oxygen atoms in total. The van der Waals surface area contributed by atoms with Crippen LogP contribution in [0.5, 0.6) is 5.75 Å². The van der Waals surface area contributed by atoms with Crippen LogP contribution in [0.4, 0.5) is 10.1 Å². The summed E-state index contributed by atoms with van der Waals surface area (Å²) < 4.78 is 13.2. The second kappa shape index (κ2) is 6.74. The van der Waals surface area contributed by atoms with Crippen LogP contribution in [0.1, 0.15) is 22.8 Å². The highest BCUT2D eigenvalue weighted by Crippen LogP contribution is 2.21. The first-order chi connectivity index (χ1) is 10.1. The van der Waals surface area contributed by atoms with E-state index in [1.807, 2.05) is 6.92 Å². The van der Waals surface area contributed by atoms with Gasteiger partial charge in [0, 0.05) is 29.9 Å². The van der Waals surface area contributed by atoms with Gasteiger partial charge in [-0.2, -0.15) is 0 Å². The number of hydrogen-bond donors (Lipinski definition) is 3. The Kier molecular flexibility index (Phi) is 4.77. The highest BCUT2D eigenvalue weighted by molar-refractivity contribution is 5.94. The standard InChI is InChI=1S/C16H17FN2O2/c1-2-18-16(21)11-6-8-13(9-7-11)19-10-12-4-3-5-14(17)15(12)20/h3-9,19-20H,2,10H2,1H3,(H,18,21). The third kappa shape index (κ3) is 3.72. The Morgan fingerprint density at radius 1 is 1.19 bits per heavy atom. The van der Waals surface area contributed by atoms with Gasteiger partial charge in [0.05, 0.1) is 0 Å². The number of aromatic hydroxyl groups is 1. The highest BCUT2D eigenvalue weighted by Gasteiger charge is 2.07. The van der Waals surface area contributed by atoms with Crippen molar-refractivity contribution in [2.24, 2.45) is 0 Å². The lowest BCUT2D eigenvalue weighted by Gasteiger charge is -2.09. The van der Waals surface area contributed by atoms with E-state index in [9.17, 15) is 14.3 Å². The Balaban J connectivity index is 2.01. The molecule has 21 heavy (non-hydrogen) atoms. The third-order valence-electron chi connectivity index (χ3n) is 3.04. The fourth-order valence-electron chi connectivity index (χ4n) is 1.90. The van der Waals surface area contributed by atoms with Crippen molar-refractivity contribution in [2.75, 3.05) is 11.9 Å². The first-order valence-corrected chi connectivity index (χ1v) is 6.70. The predicted molar refractivity (Wildman–Crippen MR) is 79.8 cm³/mol. The van der Waals surface area contributed by atoms with Crippen molar-refractivity contribution < 1.29 is 14.3 Å². The summed E-state index contributed by atoms with van der Waals surface area (Å²) in [4.78, 5) is 11.6.